The number of benzene rings is 2. The lowest BCUT2D eigenvalue weighted by atomic mass is 9.80. The van der Waals surface area contributed by atoms with Crippen molar-refractivity contribution in [2.75, 3.05) is 0 Å². The van der Waals surface area contributed by atoms with Gasteiger partial charge in [-0.15, -0.1) is 0 Å². The monoisotopic (exact) mass is 374 g/mol. The second-order valence-corrected chi connectivity index (χ2v) is 9.72. The van der Waals surface area contributed by atoms with Gasteiger partial charge in [0.2, 0.25) is 0 Å². The average Bonchev–Trinajstić information content (AvgIpc) is 3.19. The van der Waals surface area contributed by atoms with Gasteiger partial charge in [-0.25, -0.2) is 0 Å². The molecule has 1 N–H and O–H groups in total. The molecule has 0 aliphatic carbocycles. The fraction of sp³-hybridized carbons (Fsp3) is 0.417. The van der Waals surface area contributed by atoms with Crippen LogP contribution < -0.4 is 0 Å². The Balaban J connectivity index is 1.84. The van der Waals surface area contributed by atoms with E-state index in [0.717, 1.165) is 12.1 Å². The van der Waals surface area contributed by atoms with Crippen LogP contribution in [-0.2, 0) is 17.4 Å². The summed E-state index contributed by atoms with van der Waals surface area (Å²) in [7, 11) is 0. The van der Waals surface area contributed by atoms with Crippen molar-refractivity contribution in [3.8, 4) is 0 Å². The van der Waals surface area contributed by atoms with Crippen LogP contribution in [0.3, 0.4) is 0 Å². The lowest BCUT2D eigenvalue weighted by Crippen LogP contribution is -2.26. The highest BCUT2D eigenvalue weighted by Gasteiger charge is 2.28. The van der Waals surface area contributed by atoms with E-state index in [4.69, 9.17) is 5.10 Å². The molecule has 4 heteroatoms. The van der Waals surface area contributed by atoms with Crippen molar-refractivity contribution >= 4 is 21.8 Å². The van der Waals surface area contributed by atoms with Gasteiger partial charge in [0.15, 0.2) is 0 Å². The maximum absolute atomic E-state index is 4.81. The summed E-state index contributed by atoms with van der Waals surface area (Å²) in [6.45, 7) is 16.6. The molecule has 0 unspecified atom stereocenters. The minimum atomic E-state index is -0.0841. The summed E-state index contributed by atoms with van der Waals surface area (Å²) < 4.78 is 2.17. The Hall–Kier alpha value is -2.62. The molecule has 4 aromatic rings. The summed E-state index contributed by atoms with van der Waals surface area (Å²) in [5.41, 5.74) is 7.66. The molecule has 0 bridgehead atoms. The van der Waals surface area contributed by atoms with Crippen LogP contribution in [0.15, 0.2) is 36.7 Å². The second-order valence-electron chi connectivity index (χ2n) is 9.72. The fourth-order valence-corrected chi connectivity index (χ4v) is 4.86. The molecular formula is C24H30N4. The SMILES string of the molecule is Cc1ccc2[nH]ncc2c1C(C)(C)Cn1ncc2c(C(C)(C)C)c(C)ccc21. The third-order valence-electron chi connectivity index (χ3n) is 5.84. The summed E-state index contributed by atoms with van der Waals surface area (Å²) in [6.07, 6.45) is 3.99. The number of fused-ring (bicyclic) bond motifs is 2. The first-order valence-corrected chi connectivity index (χ1v) is 9.98. The number of rotatable bonds is 3. The van der Waals surface area contributed by atoms with E-state index in [2.05, 4.69) is 87.6 Å². The minimum absolute atomic E-state index is 0.0841. The van der Waals surface area contributed by atoms with Crippen LogP contribution in [0.4, 0.5) is 0 Å². The van der Waals surface area contributed by atoms with Crippen molar-refractivity contribution < 1.29 is 0 Å². The van der Waals surface area contributed by atoms with E-state index in [0.29, 0.717) is 0 Å². The van der Waals surface area contributed by atoms with Gasteiger partial charge in [-0.3, -0.25) is 9.78 Å². The molecule has 0 spiro atoms. The smallest absolute Gasteiger partial charge is 0.0685 e. The third-order valence-corrected chi connectivity index (χ3v) is 5.84. The van der Waals surface area contributed by atoms with Gasteiger partial charge in [0.25, 0.3) is 0 Å². The molecule has 0 amide bonds. The highest BCUT2D eigenvalue weighted by atomic mass is 15.3. The molecule has 2 aromatic heterocycles. The van der Waals surface area contributed by atoms with Gasteiger partial charge >= 0.3 is 0 Å². The normalized spacial score (nSPS) is 13.0. The Labute approximate surface area is 167 Å². The molecule has 4 nitrogen and oxygen atoms in total. The van der Waals surface area contributed by atoms with Crippen LogP contribution in [0.2, 0.25) is 0 Å². The summed E-state index contributed by atoms with van der Waals surface area (Å²) in [4.78, 5) is 0. The van der Waals surface area contributed by atoms with E-state index in [9.17, 15) is 0 Å². The molecule has 28 heavy (non-hydrogen) atoms. The van der Waals surface area contributed by atoms with Crippen molar-refractivity contribution in [1.29, 1.82) is 0 Å². The molecular weight excluding hydrogens is 344 g/mol. The van der Waals surface area contributed by atoms with E-state index >= 15 is 0 Å². The molecule has 2 heterocycles. The lowest BCUT2D eigenvalue weighted by Gasteiger charge is -2.28. The Morgan fingerprint density at radius 1 is 0.857 bits per heavy atom. The summed E-state index contributed by atoms with van der Waals surface area (Å²) in [5.74, 6) is 0. The molecule has 0 atom stereocenters. The lowest BCUT2D eigenvalue weighted by molar-refractivity contribution is 0.418. The Bertz CT molecular complexity index is 1170. The van der Waals surface area contributed by atoms with Crippen molar-refractivity contribution in [2.24, 2.45) is 0 Å². The Kier molecular flexibility index (Phi) is 4.14. The van der Waals surface area contributed by atoms with Gasteiger partial charge < -0.3 is 0 Å². The summed E-state index contributed by atoms with van der Waals surface area (Å²) in [6, 6.07) is 8.74. The second kappa shape index (κ2) is 6.20. The third kappa shape index (κ3) is 2.92. The molecule has 4 rings (SSSR count). The Morgan fingerprint density at radius 3 is 2.25 bits per heavy atom. The zero-order valence-corrected chi connectivity index (χ0v) is 18.0. The van der Waals surface area contributed by atoms with E-state index in [1.807, 2.05) is 12.4 Å². The summed E-state index contributed by atoms with van der Waals surface area (Å²) in [5, 5.41) is 14.6. The van der Waals surface area contributed by atoms with Crippen LogP contribution >= 0.6 is 0 Å². The highest BCUT2D eigenvalue weighted by Crippen LogP contribution is 2.36. The van der Waals surface area contributed by atoms with E-state index in [1.54, 1.807) is 0 Å². The van der Waals surface area contributed by atoms with Gasteiger partial charge in [-0.05, 0) is 53.6 Å². The van der Waals surface area contributed by atoms with Gasteiger partial charge in [0.05, 0.1) is 30.0 Å². The molecule has 0 saturated carbocycles. The first-order chi connectivity index (χ1) is 13.1. The van der Waals surface area contributed by atoms with E-state index < -0.39 is 0 Å². The molecule has 146 valence electrons. The molecule has 0 saturated heterocycles. The molecule has 0 aliphatic heterocycles. The molecule has 0 fully saturated rings. The standard InChI is InChI=1S/C24H30N4/c1-15-9-11-20-18(21(15)23(3,4)5)13-26-28(20)14-24(6,7)22-16(2)8-10-19-17(22)12-25-27-19/h8-13H,14H2,1-7H3,(H,25,27). The maximum Gasteiger partial charge on any atom is 0.0685 e. The predicted octanol–water partition coefficient (Wildman–Crippen LogP) is 5.80. The first-order valence-electron chi connectivity index (χ1n) is 9.98. The van der Waals surface area contributed by atoms with Crippen molar-refractivity contribution in [1.82, 2.24) is 20.0 Å². The average molecular weight is 375 g/mol. The molecule has 2 aromatic carbocycles. The molecule has 0 aliphatic rings. The number of nitrogens with one attached hydrogen (secondary N) is 1. The predicted molar refractivity (Wildman–Crippen MR) is 117 cm³/mol. The first kappa shape index (κ1) is 18.7. The van der Waals surface area contributed by atoms with Gasteiger partial charge in [-0.2, -0.15) is 10.2 Å². The van der Waals surface area contributed by atoms with Gasteiger partial charge in [-0.1, -0.05) is 46.8 Å². The topological polar surface area (TPSA) is 46.5 Å². The zero-order chi connectivity index (χ0) is 20.3. The quantitative estimate of drug-likeness (QED) is 0.492. The van der Waals surface area contributed by atoms with Gasteiger partial charge in [0.1, 0.15) is 0 Å². The number of hydrogen-bond donors (Lipinski definition) is 1. The maximum atomic E-state index is 4.81. The van der Waals surface area contributed by atoms with Crippen molar-refractivity contribution in [3.05, 3.63) is 58.9 Å². The zero-order valence-electron chi connectivity index (χ0n) is 18.0. The number of H-pyrrole nitrogens is 1. The van der Waals surface area contributed by atoms with Crippen LogP contribution in [0.5, 0.6) is 0 Å². The largest absolute Gasteiger partial charge is 0.278 e. The van der Waals surface area contributed by atoms with Crippen LogP contribution in [0.1, 0.15) is 56.9 Å². The van der Waals surface area contributed by atoms with Crippen molar-refractivity contribution in [3.63, 3.8) is 0 Å². The number of hydrogen-bond acceptors (Lipinski definition) is 2. The van der Waals surface area contributed by atoms with E-state index in [1.165, 1.54) is 38.5 Å². The Morgan fingerprint density at radius 2 is 1.54 bits per heavy atom. The fourth-order valence-electron chi connectivity index (χ4n) is 4.86. The van der Waals surface area contributed by atoms with E-state index in [-0.39, 0.29) is 10.8 Å². The highest BCUT2D eigenvalue weighted by molar-refractivity contribution is 5.85. The van der Waals surface area contributed by atoms with Gasteiger partial charge in [0, 0.05) is 16.2 Å². The number of nitrogens with zero attached hydrogens (tertiary/aromatic N) is 3. The minimum Gasteiger partial charge on any atom is -0.278 e. The number of aromatic amines is 1. The number of aryl methyl sites for hydroxylation is 2. The summed E-state index contributed by atoms with van der Waals surface area (Å²) >= 11 is 0. The van der Waals surface area contributed by atoms with Crippen molar-refractivity contribution in [2.45, 2.75) is 65.8 Å². The van der Waals surface area contributed by atoms with Crippen LogP contribution in [0, 0.1) is 13.8 Å². The number of aromatic nitrogens is 4. The van der Waals surface area contributed by atoms with Crippen LogP contribution in [0.25, 0.3) is 21.8 Å². The molecule has 0 radical (unpaired) electrons. The van der Waals surface area contributed by atoms with Crippen LogP contribution in [-0.4, -0.2) is 20.0 Å².